The molecule has 10 heavy (non-hydrogen) atoms. The van der Waals surface area contributed by atoms with Gasteiger partial charge in [-0.05, 0) is 18.2 Å². The van der Waals surface area contributed by atoms with Gasteiger partial charge in [0.2, 0.25) is 0 Å². The van der Waals surface area contributed by atoms with Crippen molar-refractivity contribution in [2.24, 2.45) is 0 Å². The van der Waals surface area contributed by atoms with E-state index >= 15 is 0 Å². The summed E-state index contributed by atoms with van der Waals surface area (Å²) < 4.78 is 0. The number of hydrogen-bond acceptors (Lipinski definition) is 2. The Bertz CT molecular complexity index is 227. The van der Waals surface area contributed by atoms with E-state index in [9.17, 15) is 0 Å². The van der Waals surface area contributed by atoms with Gasteiger partial charge in [0.1, 0.15) is 0 Å². The SMILES string of the molecule is Cl.Nc1ccc(Cl)cc1S. The highest BCUT2D eigenvalue weighted by atomic mass is 35.5. The topological polar surface area (TPSA) is 26.0 Å². The molecule has 56 valence electrons. The Kier molecular flexibility index (Phi) is 3.94. The van der Waals surface area contributed by atoms with Crippen LogP contribution in [0.4, 0.5) is 5.69 Å². The largest absolute Gasteiger partial charge is 0.398 e. The van der Waals surface area contributed by atoms with Crippen molar-refractivity contribution in [2.75, 3.05) is 5.73 Å². The van der Waals surface area contributed by atoms with Crippen LogP contribution in [0.1, 0.15) is 0 Å². The number of thiol groups is 1. The quantitative estimate of drug-likeness (QED) is 0.484. The van der Waals surface area contributed by atoms with E-state index in [0.29, 0.717) is 10.7 Å². The molecule has 0 radical (unpaired) electrons. The van der Waals surface area contributed by atoms with E-state index in [1.807, 2.05) is 0 Å². The highest BCUT2D eigenvalue weighted by Crippen LogP contribution is 2.20. The van der Waals surface area contributed by atoms with Crippen LogP contribution in [0.3, 0.4) is 0 Å². The van der Waals surface area contributed by atoms with Gasteiger partial charge in [-0.3, -0.25) is 0 Å². The average molecular weight is 196 g/mol. The molecule has 0 aliphatic rings. The van der Waals surface area contributed by atoms with Crippen molar-refractivity contribution in [1.29, 1.82) is 0 Å². The number of halogens is 2. The number of nitrogen functional groups attached to an aromatic ring is 1. The van der Waals surface area contributed by atoms with E-state index in [1.54, 1.807) is 18.2 Å². The van der Waals surface area contributed by atoms with Gasteiger partial charge in [0, 0.05) is 15.6 Å². The second-order valence-corrected chi connectivity index (χ2v) is 2.62. The predicted octanol–water partition coefficient (Wildman–Crippen LogP) is 2.63. The van der Waals surface area contributed by atoms with E-state index in [0.717, 1.165) is 4.90 Å². The first kappa shape index (κ1) is 9.95. The van der Waals surface area contributed by atoms with Gasteiger partial charge in [-0.2, -0.15) is 0 Å². The predicted molar refractivity (Wildman–Crippen MR) is 50.4 cm³/mol. The van der Waals surface area contributed by atoms with Crippen molar-refractivity contribution in [1.82, 2.24) is 0 Å². The second-order valence-electron chi connectivity index (χ2n) is 1.70. The lowest BCUT2D eigenvalue weighted by molar-refractivity contribution is 1.48. The zero-order chi connectivity index (χ0) is 6.85. The molecule has 0 saturated heterocycles. The highest BCUT2D eigenvalue weighted by Gasteiger charge is 1.92. The standard InChI is InChI=1S/C6H6ClNS.ClH/c7-4-1-2-5(8)6(9)3-4;/h1-3,9H,8H2;1H. The third kappa shape index (κ3) is 2.29. The number of rotatable bonds is 0. The van der Waals surface area contributed by atoms with Crippen molar-refractivity contribution in [2.45, 2.75) is 4.90 Å². The Hall–Kier alpha value is -0.0500. The molecule has 0 saturated carbocycles. The van der Waals surface area contributed by atoms with Gasteiger partial charge in [-0.1, -0.05) is 11.6 Å². The lowest BCUT2D eigenvalue weighted by atomic mass is 10.3. The van der Waals surface area contributed by atoms with Crippen LogP contribution in [-0.4, -0.2) is 0 Å². The molecule has 4 heteroatoms. The molecular formula is C6H7Cl2NS. The first-order valence-corrected chi connectivity index (χ1v) is 3.26. The van der Waals surface area contributed by atoms with Crippen LogP contribution in [0.5, 0.6) is 0 Å². The van der Waals surface area contributed by atoms with Gasteiger partial charge < -0.3 is 5.73 Å². The Labute approximate surface area is 76.4 Å². The molecule has 0 aliphatic carbocycles. The summed E-state index contributed by atoms with van der Waals surface area (Å²) in [5.74, 6) is 0. The van der Waals surface area contributed by atoms with E-state index < -0.39 is 0 Å². The first-order valence-electron chi connectivity index (χ1n) is 2.44. The Morgan fingerprint density at radius 2 is 2.00 bits per heavy atom. The van der Waals surface area contributed by atoms with Gasteiger partial charge in [0.15, 0.2) is 0 Å². The molecule has 0 fully saturated rings. The average Bonchev–Trinajstić information content (AvgIpc) is 1.80. The van der Waals surface area contributed by atoms with Crippen molar-refractivity contribution >= 4 is 42.3 Å². The van der Waals surface area contributed by atoms with Crippen LogP contribution in [0.25, 0.3) is 0 Å². The summed E-state index contributed by atoms with van der Waals surface area (Å²) in [6.07, 6.45) is 0. The molecule has 1 nitrogen and oxygen atoms in total. The maximum atomic E-state index is 5.61. The summed E-state index contributed by atoms with van der Waals surface area (Å²) in [5.41, 5.74) is 6.11. The van der Waals surface area contributed by atoms with E-state index in [1.165, 1.54) is 0 Å². The summed E-state index contributed by atoms with van der Waals surface area (Å²) in [7, 11) is 0. The molecule has 0 heterocycles. The van der Waals surface area contributed by atoms with Crippen LogP contribution in [-0.2, 0) is 0 Å². The third-order valence-electron chi connectivity index (χ3n) is 0.992. The van der Waals surface area contributed by atoms with Crippen LogP contribution >= 0.6 is 36.6 Å². The smallest absolute Gasteiger partial charge is 0.0450 e. The fourth-order valence-electron chi connectivity index (χ4n) is 0.517. The number of nitrogens with two attached hydrogens (primary N) is 1. The molecule has 1 aromatic carbocycles. The molecule has 0 amide bonds. The second kappa shape index (κ2) is 3.96. The molecule has 0 bridgehead atoms. The zero-order valence-electron chi connectivity index (χ0n) is 5.04. The fourth-order valence-corrected chi connectivity index (χ4v) is 0.979. The molecule has 0 aliphatic heterocycles. The Balaban J connectivity index is 0.000000810. The van der Waals surface area contributed by atoms with Gasteiger partial charge in [0.05, 0.1) is 0 Å². The highest BCUT2D eigenvalue weighted by molar-refractivity contribution is 7.80. The number of anilines is 1. The van der Waals surface area contributed by atoms with Crippen molar-refractivity contribution in [3.8, 4) is 0 Å². The molecule has 0 unspecified atom stereocenters. The van der Waals surface area contributed by atoms with Crippen molar-refractivity contribution in [3.05, 3.63) is 23.2 Å². The fraction of sp³-hybridized carbons (Fsp3) is 0. The molecule has 1 rings (SSSR count). The molecular weight excluding hydrogens is 189 g/mol. The van der Waals surface area contributed by atoms with Crippen LogP contribution in [0, 0.1) is 0 Å². The van der Waals surface area contributed by atoms with Gasteiger partial charge >= 0.3 is 0 Å². The van der Waals surface area contributed by atoms with E-state index in [2.05, 4.69) is 12.6 Å². The molecule has 0 aromatic heterocycles. The van der Waals surface area contributed by atoms with Crippen LogP contribution in [0.2, 0.25) is 5.02 Å². The lowest BCUT2D eigenvalue weighted by Gasteiger charge is -1.96. The minimum atomic E-state index is 0. The van der Waals surface area contributed by atoms with E-state index in [-0.39, 0.29) is 12.4 Å². The maximum absolute atomic E-state index is 5.61. The summed E-state index contributed by atoms with van der Waals surface area (Å²) in [6, 6.07) is 5.17. The van der Waals surface area contributed by atoms with Crippen LogP contribution < -0.4 is 5.73 Å². The minimum Gasteiger partial charge on any atom is -0.398 e. The summed E-state index contributed by atoms with van der Waals surface area (Å²) >= 11 is 9.67. The Morgan fingerprint density at radius 3 is 2.40 bits per heavy atom. The van der Waals surface area contributed by atoms with Crippen molar-refractivity contribution < 1.29 is 0 Å². The minimum absolute atomic E-state index is 0. The molecule has 0 spiro atoms. The number of hydrogen-bond donors (Lipinski definition) is 2. The molecule has 2 N–H and O–H groups in total. The first-order chi connectivity index (χ1) is 4.20. The summed E-state index contributed by atoms with van der Waals surface area (Å²) in [5, 5.41) is 0.661. The van der Waals surface area contributed by atoms with Crippen molar-refractivity contribution in [3.63, 3.8) is 0 Å². The summed E-state index contributed by atoms with van der Waals surface area (Å²) in [6.45, 7) is 0. The molecule has 0 atom stereocenters. The lowest BCUT2D eigenvalue weighted by Crippen LogP contribution is -1.84. The zero-order valence-corrected chi connectivity index (χ0v) is 7.51. The number of benzene rings is 1. The summed E-state index contributed by atoms with van der Waals surface area (Å²) in [4.78, 5) is 0.725. The third-order valence-corrected chi connectivity index (χ3v) is 1.61. The Morgan fingerprint density at radius 1 is 1.40 bits per heavy atom. The van der Waals surface area contributed by atoms with Gasteiger partial charge in [-0.25, -0.2) is 0 Å². The normalized spacial score (nSPS) is 8.60. The van der Waals surface area contributed by atoms with Gasteiger partial charge in [-0.15, -0.1) is 25.0 Å². The monoisotopic (exact) mass is 195 g/mol. The van der Waals surface area contributed by atoms with Crippen LogP contribution in [0.15, 0.2) is 23.1 Å². The van der Waals surface area contributed by atoms with Gasteiger partial charge in [0.25, 0.3) is 0 Å². The van der Waals surface area contributed by atoms with E-state index in [4.69, 9.17) is 17.3 Å². The molecule has 1 aromatic rings. The maximum Gasteiger partial charge on any atom is 0.0450 e.